The average Bonchev–Trinajstić information content (AvgIpc) is 2.96. The van der Waals surface area contributed by atoms with Crippen molar-refractivity contribution in [2.45, 2.75) is 33.2 Å². The van der Waals surface area contributed by atoms with E-state index in [2.05, 4.69) is 36.3 Å². The Labute approximate surface area is 125 Å². The average molecular weight is 290 g/mol. The Bertz CT molecular complexity index is 522. The Morgan fingerprint density at radius 2 is 2.00 bits per heavy atom. The molecule has 1 N–H and O–H groups in total. The Hall–Kier alpha value is -1.39. The highest BCUT2D eigenvalue weighted by Crippen LogP contribution is 2.29. The SMILES string of the molecule is CCCNC(C)c1cnc(-c2ccc(OCC)cc2)s1. The molecule has 0 aliphatic heterocycles. The largest absolute Gasteiger partial charge is 0.494 e. The fraction of sp³-hybridized carbons (Fsp3) is 0.438. The molecule has 3 nitrogen and oxygen atoms in total. The molecule has 0 amide bonds. The molecular weight excluding hydrogens is 268 g/mol. The van der Waals surface area contributed by atoms with E-state index in [1.165, 1.54) is 4.88 Å². The van der Waals surface area contributed by atoms with Crippen molar-refractivity contribution in [3.05, 3.63) is 35.3 Å². The quantitative estimate of drug-likeness (QED) is 0.827. The molecule has 1 aromatic heterocycles. The van der Waals surface area contributed by atoms with Gasteiger partial charge in [0.15, 0.2) is 0 Å². The van der Waals surface area contributed by atoms with Crippen LogP contribution in [0.1, 0.15) is 38.1 Å². The molecule has 0 fully saturated rings. The van der Waals surface area contributed by atoms with Gasteiger partial charge in [0, 0.05) is 22.7 Å². The summed E-state index contributed by atoms with van der Waals surface area (Å²) in [6.45, 7) is 8.09. The molecule has 1 heterocycles. The fourth-order valence-corrected chi connectivity index (χ4v) is 2.89. The third-order valence-electron chi connectivity index (χ3n) is 3.06. The number of benzene rings is 1. The van der Waals surface area contributed by atoms with E-state index in [-0.39, 0.29) is 0 Å². The van der Waals surface area contributed by atoms with Crippen molar-refractivity contribution in [3.8, 4) is 16.3 Å². The van der Waals surface area contributed by atoms with E-state index < -0.39 is 0 Å². The van der Waals surface area contributed by atoms with Crippen LogP contribution in [-0.4, -0.2) is 18.1 Å². The summed E-state index contributed by atoms with van der Waals surface area (Å²) < 4.78 is 5.46. The second-order valence-electron chi connectivity index (χ2n) is 4.70. The Balaban J connectivity index is 2.07. The van der Waals surface area contributed by atoms with Crippen molar-refractivity contribution >= 4 is 11.3 Å². The molecule has 2 rings (SSSR count). The van der Waals surface area contributed by atoms with Crippen LogP contribution < -0.4 is 10.1 Å². The minimum Gasteiger partial charge on any atom is -0.494 e. The van der Waals surface area contributed by atoms with Gasteiger partial charge in [0.1, 0.15) is 10.8 Å². The first-order valence-corrected chi connectivity index (χ1v) is 7.98. The summed E-state index contributed by atoms with van der Waals surface area (Å²) in [7, 11) is 0. The van der Waals surface area contributed by atoms with Crippen LogP contribution in [0.3, 0.4) is 0 Å². The Kier molecular flexibility index (Phi) is 5.56. The Morgan fingerprint density at radius 3 is 2.65 bits per heavy atom. The highest BCUT2D eigenvalue weighted by molar-refractivity contribution is 7.15. The summed E-state index contributed by atoms with van der Waals surface area (Å²) in [5.41, 5.74) is 1.15. The molecular formula is C16H22N2OS. The van der Waals surface area contributed by atoms with Gasteiger partial charge in [0.2, 0.25) is 0 Å². The van der Waals surface area contributed by atoms with Gasteiger partial charge in [0.05, 0.1) is 6.61 Å². The zero-order valence-electron chi connectivity index (χ0n) is 12.3. The van der Waals surface area contributed by atoms with Gasteiger partial charge in [-0.15, -0.1) is 11.3 Å². The fourth-order valence-electron chi connectivity index (χ4n) is 1.94. The number of nitrogens with one attached hydrogen (secondary N) is 1. The minimum atomic E-state index is 0.365. The molecule has 0 saturated carbocycles. The molecule has 0 saturated heterocycles. The third kappa shape index (κ3) is 3.81. The van der Waals surface area contributed by atoms with Crippen LogP contribution in [0.5, 0.6) is 5.75 Å². The first-order valence-electron chi connectivity index (χ1n) is 7.17. The highest BCUT2D eigenvalue weighted by atomic mass is 32.1. The molecule has 20 heavy (non-hydrogen) atoms. The van der Waals surface area contributed by atoms with E-state index in [4.69, 9.17) is 4.74 Å². The standard InChI is InChI=1S/C16H22N2OS/c1-4-10-17-12(3)15-11-18-16(20-15)13-6-8-14(9-7-13)19-5-2/h6-9,11-12,17H,4-5,10H2,1-3H3. The molecule has 2 aromatic rings. The van der Waals surface area contributed by atoms with Crippen molar-refractivity contribution in [3.63, 3.8) is 0 Å². The molecule has 1 unspecified atom stereocenters. The second kappa shape index (κ2) is 7.41. The summed E-state index contributed by atoms with van der Waals surface area (Å²) in [4.78, 5) is 5.81. The van der Waals surface area contributed by atoms with Crippen LogP contribution in [0.4, 0.5) is 0 Å². The monoisotopic (exact) mass is 290 g/mol. The van der Waals surface area contributed by atoms with Crippen LogP contribution in [0.2, 0.25) is 0 Å². The van der Waals surface area contributed by atoms with Crippen LogP contribution >= 0.6 is 11.3 Å². The maximum atomic E-state index is 5.46. The number of hydrogen-bond donors (Lipinski definition) is 1. The molecule has 0 aliphatic carbocycles. The number of aromatic nitrogens is 1. The maximum Gasteiger partial charge on any atom is 0.123 e. The highest BCUT2D eigenvalue weighted by Gasteiger charge is 2.10. The van der Waals surface area contributed by atoms with Gasteiger partial charge in [0.25, 0.3) is 0 Å². The lowest BCUT2D eigenvalue weighted by Crippen LogP contribution is -2.18. The first-order chi connectivity index (χ1) is 9.74. The molecule has 108 valence electrons. The predicted octanol–water partition coefficient (Wildman–Crippen LogP) is 4.27. The number of hydrogen-bond acceptors (Lipinski definition) is 4. The topological polar surface area (TPSA) is 34.2 Å². The zero-order chi connectivity index (χ0) is 14.4. The van der Waals surface area contributed by atoms with Gasteiger partial charge in [-0.25, -0.2) is 4.98 Å². The van der Waals surface area contributed by atoms with Gasteiger partial charge in [-0.3, -0.25) is 0 Å². The number of nitrogens with zero attached hydrogens (tertiary/aromatic N) is 1. The molecule has 1 atom stereocenters. The van der Waals surface area contributed by atoms with Crippen LogP contribution in [0, 0.1) is 0 Å². The molecule has 0 radical (unpaired) electrons. The van der Waals surface area contributed by atoms with Crippen molar-refractivity contribution in [1.29, 1.82) is 0 Å². The van der Waals surface area contributed by atoms with E-state index >= 15 is 0 Å². The number of rotatable bonds is 7. The summed E-state index contributed by atoms with van der Waals surface area (Å²) in [5.74, 6) is 0.908. The van der Waals surface area contributed by atoms with Gasteiger partial charge < -0.3 is 10.1 Å². The maximum absolute atomic E-state index is 5.46. The lowest BCUT2D eigenvalue weighted by molar-refractivity contribution is 0.340. The van der Waals surface area contributed by atoms with Crippen LogP contribution in [0.25, 0.3) is 10.6 Å². The van der Waals surface area contributed by atoms with E-state index in [0.717, 1.165) is 29.3 Å². The van der Waals surface area contributed by atoms with Crippen LogP contribution in [0.15, 0.2) is 30.5 Å². The normalized spacial score (nSPS) is 12.3. The first kappa shape index (κ1) is 15.0. The zero-order valence-corrected chi connectivity index (χ0v) is 13.2. The van der Waals surface area contributed by atoms with Gasteiger partial charge in [-0.1, -0.05) is 6.92 Å². The van der Waals surface area contributed by atoms with E-state index in [1.807, 2.05) is 25.3 Å². The van der Waals surface area contributed by atoms with E-state index in [1.54, 1.807) is 11.3 Å². The molecule has 0 bridgehead atoms. The van der Waals surface area contributed by atoms with Crippen LogP contribution in [-0.2, 0) is 0 Å². The summed E-state index contributed by atoms with van der Waals surface area (Å²) in [6.07, 6.45) is 3.12. The molecule has 0 spiro atoms. The summed E-state index contributed by atoms with van der Waals surface area (Å²) in [6, 6.07) is 8.50. The van der Waals surface area contributed by atoms with Crippen molar-refractivity contribution in [1.82, 2.24) is 10.3 Å². The lowest BCUT2D eigenvalue weighted by Gasteiger charge is -2.09. The predicted molar refractivity (Wildman–Crippen MR) is 85.4 cm³/mol. The molecule has 4 heteroatoms. The lowest BCUT2D eigenvalue weighted by atomic mass is 10.2. The number of ether oxygens (including phenoxy) is 1. The van der Waals surface area contributed by atoms with Crippen molar-refractivity contribution < 1.29 is 4.74 Å². The summed E-state index contributed by atoms with van der Waals surface area (Å²) in [5, 5.41) is 4.55. The van der Waals surface area contributed by atoms with Gasteiger partial charge >= 0.3 is 0 Å². The van der Waals surface area contributed by atoms with Crippen molar-refractivity contribution in [2.24, 2.45) is 0 Å². The van der Waals surface area contributed by atoms with Gasteiger partial charge in [-0.2, -0.15) is 0 Å². The van der Waals surface area contributed by atoms with Crippen molar-refractivity contribution in [2.75, 3.05) is 13.2 Å². The van der Waals surface area contributed by atoms with E-state index in [0.29, 0.717) is 12.6 Å². The van der Waals surface area contributed by atoms with E-state index in [9.17, 15) is 0 Å². The Morgan fingerprint density at radius 1 is 1.25 bits per heavy atom. The molecule has 0 aliphatic rings. The number of thiazole rings is 1. The smallest absolute Gasteiger partial charge is 0.123 e. The molecule has 1 aromatic carbocycles. The second-order valence-corrected chi connectivity index (χ2v) is 5.76. The summed E-state index contributed by atoms with van der Waals surface area (Å²) >= 11 is 1.75. The third-order valence-corrected chi connectivity index (χ3v) is 4.29. The minimum absolute atomic E-state index is 0.365. The van der Waals surface area contributed by atoms with Gasteiger partial charge in [-0.05, 0) is 51.1 Å².